The van der Waals surface area contributed by atoms with Gasteiger partial charge < -0.3 is 10.6 Å². The largest absolute Gasteiger partial charge is 0.399 e. The summed E-state index contributed by atoms with van der Waals surface area (Å²) in [6.07, 6.45) is 7.56. The summed E-state index contributed by atoms with van der Waals surface area (Å²) in [4.78, 5) is 14.3. The first-order chi connectivity index (χ1) is 10.1. The molecule has 0 bridgehead atoms. The van der Waals surface area contributed by atoms with Gasteiger partial charge in [-0.3, -0.25) is 4.79 Å². The molecule has 1 aromatic carbocycles. The quantitative estimate of drug-likeness (QED) is 0.841. The van der Waals surface area contributed by atoms with Crippen LogP contribution in [0.2, 0.25) is 0 Å². The molecule has 2 N–H and O–H groups in total. The molecule has 0 unspecified atom stereocenters. The van der Waals surface area contributed by atoms with Gasteiger partial charge in [0, 0.05) is 25.2 Å². The van der Waals surface area contributed by atoms with Crippen LogP contribution >= 0.6 is 0 Å². The predicted molar refractivity (Wildman–Crippen MR) is 88.0 cm³/mol. The van der Waals surface area contributed by atoms with Gasteiger partial charge in [0.1, 0.15) is 0 Å². The third-order valence-electron chi connectivity index (χ3n) is 4.94. The number of anilines is 1. The highest BCUT2D eigenvalue weighted by Gasteiger charge is 2.25. The van der Waals surface area contributed by atoms with Gasteiger partial charge in [0.05, 0.1) is 0 Å². The minimum absolute atomic E-state index is 0.270. The van der Waals surface area contributed by atoms with Crippen molar-refractivity contribution >= 4 is 11.6 Å². The highest BCUT2D eigenvalue weighted by Crippen LogP contribution is 2.29. The zero-order valence-corrected chi connectivity index (χ0v) is 13.3. The van der Waals surface area contributed by atoms with Crippen LogP contribution in [0.5, 0.6) is 0 Å². The van der Waals surface area contributed by atoms with E-state index in [1.165, 1.54) is 37.7 Å². The first kappa shape index (κ1) is 15.9. The standard InChI is InChI=1S/C18H28N2O/c1-3-14-6-11-17(12-7-14)20(2)18(21)13-8-15-4-9-16(19)10-5-15/h4-5,9-10,14,17H,3,6-8,11-13,19H2,1-2H3. The molecule has 0 saturated heterocycles. The Morgan fingerprint density at radius 2 is 1.81 bits per heavy atom. The van der Waals surface area contributed by atoms with Crippen LogP contribution in [-0.2, 0) is 11.2 Å². The molecule has 1 aromatic rings. The Balaban J connectivity index is 1.78. The van der Waals surface area contributed by atoms with E-state index in [4.69, 9.17) is 5.73 Å². The molecule has 3 nitrogen and oxygen atoms in total. The number of nitrogen functional groups attached to an aromatic ring is 1. The van der Waals surface area contributed by atoms with Crippen molar-refractivity contribution in [2.45, 2.75) is 57.9 Å². The number of amides is 1. The van der Waals surface area contributed by atoms with E-state index in [9.17, 15) is 4.79 Å². The third-order valence-corrected chi connectivity index (χ3v) is 4.94. The summed E-state index contributed by atoms with van der Waals surface area (Å²) in [5, 5.41) is 0. The molecule has 2 rings (SSSR count). The maximum absolute atomic E-state index is 12.3. The van der Waals surface area contributed by atoms with E-state index in [0.717, 1.165) is 18.0 Å². The number of nitrogens with zero attached hydrogens (tertiary/aromatic N) is 1. The molecule has 3 heteroatoms. The van der Waals surface area contributed by atoms with Crippen molar-refractivity contribution in [2.24, 2.45) is 5.92 Å². The van der Waals surface area contributed by atoms with E-state index < -0.39 is 0 Å². The van der Waals surface area contributed by atoms with Gasteiger partial charge in [-0.05, 0) is 55.7 Å². The minimum atomic E-state index is 0.270. The number of carbonyl (C=O) groups excluding carboxylic acids is 1. The molecule has 1 amide bonds. The maximum atomic E-state index is 12.3. The second-order valence-corrected chi connectivity index (χ2v) is 6.33. The normalized spacial score (nSPS) is 22.0. The van der Waals surface area contributed by atoms with Crippen molar-refractivity contribution in [1.29, 1.82) is 0 Å². The SMILES string of the molecule is CCC1CCC(N(C)C(=O)CCc2ccc(N)cc2)CC1. The second kappa shape index (κ2) is 7.48. The molecule has 0 radical (unpaired) electrons. The molecule has 21 heavy (non-hydrogen) atoms. The Labute approximate surface area is 128 Å². The van der Waals surface area contributed by atoms with Crippen molar-refractivity contribution in [2.75, 3.05) is 12.8 Å². The lowest BCUT2D eigenvalue weighted by atomic mass is 9.84. The van der Waals surface area contributed by atoms with Gasteiger partial charge in [-0.2, -0.15) is 0 Å². The summed E-state index contributed by atoms with van der Waals surface area (Å²) < 4.78 is 0. The first-order valence-corrected chi connectivity index (χ1v) is 8.20. The average molecular weight is 288 g/mol. The smallest absolute Gasteiger partial charge is 0.222 e. The topological polar surface area (TPSA) is 46.3 Å². The first-order valence-electron chi connectivity index (χ1n) is 8.20. The van der Waals surface area contributed by atoms with Crippen LogP contribution in [-0.4, -0.2) is 23.9 Å². The highest BCUT2D eigenvalue weighted by atomic mass is 16.2. The molecule has 1 fully saturated rings. The van der Waals surface area contributed by atoms with Crippen LogP contribution in [0.3, 0.4) is 0 Å². The fourth-order valence-electron chi connectivity index (χ4n) is 3.26. The summed E-state index contributed by atoms with van der Waals surface area (Å²) in [5.41, 5.74) is 7.63. The zero-order chi connectivity index (χ0) is 15.2. The van der Waals surface area contributed by atoms with Gasteiger partial charge in [0.25, 0.3) is 0 Å². The summed E-state index contributed by atoms with van der Waals surface area (Å²) >= 11 is 0. The highest BCUT2D eigenvalue weighted by molar-refractivity contribution is 5.76. The van der Waals surface area contributed by atoms with Gasteiger partial charge in [-0.1, -0.05) is 25.5 Å². The monoisotopic (exact) mass is 288 g/mol. The van der Waals surface area contributed by atoms with Gasteiger partial charge in [-0.25, -0.2) is 0 Å². The van der Waals surface area contributed by atoms with Crippen LogP contribution in [0.4, 0.5) is 5.69 Å². The lowest BCUT2D eigenvalue weighted by Gasteiger charge is -2.34. The summed E-state index contributed by atoms with van der Waals surface area (Å²) in [6, 6.07) is 8.27. The van der Waals surface area contributed by atoms with Crippen LogP contribution < -0.4 is 5.73 Å². The molecule has 1 aliphatic carbocycles. The summed E-state index contributed by atoms with van der Waals surface area (Å²) in [7, 11) is 1.97. The molecular weight excluding hydrogens is 260 g/mol. The van der Waals surface area contributed by atoms with Gasteiger partial charge in [-0.15, -0.1) is 0 Å². The fourth-order valence-corrected chi connectivity index (χ4v) is 3.26. The number of hydrogen-bond donors (Lipinski definition) is 1. The lowest BCUT2D eigenvalue weighted by Crippen LogP contribution is -2.39. The van der Waals surface area contributed by atoms with E-state index in [2.05, 4.69) is 6.92 Å². The van der Waals surface area contributed by atoms with Crippen molar-refractivity contribution in [3.63, 3.8) is 0 Å². The molecule has 1 saturated carbocycles. The molecule has 1 aliphatic rings. The second-order valence-electron chi connectivity index (χ2n) is 6.33. The molecule has 0 aromatic heterocycles. The number of aryl methyl sites for hydroxylation is 1. The molecule has 116 valence electrons. The van der Waals surface area contributed by atoms with Crippen LogP contribution in [0.25, 0.3) is 0 Å². The molecule has 0 atom stereocenters. The van der Waals surface area contributed by atoms with Gasteiger partial charge in [0.2, 0.25) is 5.91 Å². The van der Waals surface area contributed by atoms with E-state index >= 15 is 0 Å². The van der Waals surface area contributed by atoms with Gasteiger partial charge >= 0.3 is 0 Å². The van der Waals surface area contributed by atoms with Crippen LogP contribution in [0.15, 0.2) is 24.3 Å². The average Bonchev–Trinajstić information content (AvgIpc) is 2.53. The number of nitrogens with two attached hydrogens (primary N) is 1. The maximum Gasteiger partial charge on any atom is 0.222 e. The molecular formula is C18H28N2O. The lowest BCUT2D eigenvalue weighted by molar-refractivity contribution is -0.132. The zero-order valence-electron chi connectivity index (χ0n) is 13.3. The van der Waals surface area contributed by atoms with E-state index in [0.29, 0.717) is 12.5 Å². The van der Waals surface area contributed by atoms with Crippen LogP contribution in [0.1, 0.15) is 51.0 Å². The van der Waals surface area contributed by atoms with E-state index in [1.807, 2.05) is 36.2 Å². The Bertz CT molecular complexity index is 447. The third kappa shape index (κ3) is 4.48. The molecule has 0 aliphatic heterocycles. The Morgan fingerprint density at radius 3 is 2.38 bits per heavy atom. The Morgan fingerprint density at radius 1 is 1.19 bits per heavy atom. The number of rotatable bonds is 5. The Kier molecular flexibility index (Phi) is 5.66. The summed E-state index contributed by atoms with van der Waals surface area (Å²) in [5.74, 6) is 1.14. The fraction of sp³-hybridized carbons (Fsp3) is 0.611. The molecule has 0 heterocycles. The van der Waals surface area contributed by atoms with Crippen molar-refractivity contribution in [1.82, 2.24) is 4.90 Å². The van der Waals surface area contributed by atoms with Crippen molar-refractivity contribution < 1.29 is 4.79 Å². The predicted octanol–water partition coefficient (Wildman–Crippen LogP) is 3.63. The van der Waals surface area contributed by atoms with Crippen LogP contribution in [0, 0.1) is 5.92 Å². The number of carbonyl (C=O) groups is 1. The Hall–Kier alpha value is -1.51. The van der Waals surface area contributed by atoms with Gasteiger partial charge in [0.15, 0.2) is 0 Å². The number of hydrogen-bond acceptors (Lipinski definition) is 2. The number of benzene rings is 1. The van der Waals surface area contributed by atoms with E-state index in [1.54, 1.807) is 0 Å². The van der Waals surface area contributed by atoms with Crippen molar-refractivity contribution in [3.05, 3.63) is 29.8 Å². The summed E-state index contributed by atoms with van der Waals surface area (Å²) in [6.45, 7) is 2.27. The minimum Gasteiger partial charge on any atom is -0.399 e. The van der Waals surface area contributed by atoms with Crippen molar-refractivity contribution in [3.8, 4) is 0 Å². The molecule has 0 spiro atoms. The van der Waals surface area contributed by atoms with E-state index in [-0.39, 0.29) is 5.91 Å².